The van der Waals surface area contributed by atoms with Crippen molar-refractivity contribution in [1.29, 1.82) is 0 Å². The van der Waals surface area contributed by atoms with Crippen molar-refractivity contribution in [1.82, 2.24) is 4.57 Å². The highest BCUT2D eigenvalue weighted by Crippen LogP contribution is 2.31. The van der Waals surface area contributed by atoms with E-state index >= 15 is 0 Å². The van der Waals surface area contributed by atoms with Crippen molar-refractivity contribution in [2.75, 3.05) is 18.0 Å². The van der Waals surface area contributed by atoms with Gasteiger partial charge in [-0.25, -0.2) is 0 Å². The Morgan fingerprint density at radius 2 is 1.80 bits per heavy atom. The quantitative estimate of drug-likeness (QED) is 0.707. The molecule has 0 amide bonds. The summed E-state index contributed by atoms with van der Waals surface area (Å²) in [6, 6.07) is 8.90. The first-order chi connectivity index (χ1) is 9.90. The van der Waals surface area contributed by atoms with Gasteiger partial charge in [-0.3, -0.25) is 0 Å². The lowest BCUT2D eigenvalue weighted by Crippen LogP contribution is -2.29. The Labute approximate surface area is 122 Å². The molecule has 0 aliphatic carbocycles. The summed E-state index contributed by atoms with van der Waals surface area (Å²) >= 11 is 0. The van der Waals surface area contributed by atoms with Crippen LogP contribution < -0.4 is 4.90 Å². The minimum absolute atomic E-state index is 1.15. The number of aromatic nitrogens is 1. The first kappa shape index (κ1) is 13.5. The monoisotopic (exact) mass is 270 g/mol. The summed E-state index contributed by atoms with van der Waals surface area (Å²) in [6.45, 7) is 5.88. The zero-order valence-electron chi connectivity index (χ0n) is 12.6. The van der Waals surface area contributed by atoms with Crippen molar-refractivity contribution in [2.24, 2.45) is 0 Å². The highest BCUT2D eigenvalue weighted by atomic mass is 15.2. The molecule has 1 fully saturated rings. The van der Waals surface area contributed by atoms with Gasteiger partial charge in [-0.2, -0.15) is 0 Å². The van der Waals surface area contributed by atoms with E-state index < -0.39 is 0 Å². The van der Waals surface area contributed by atoms with Crippen molar-refractivity contribution in [3.8, 4) is 0 Å². The Balaban J connectivity index is 1.91. The van der Waals surface area contributed by atoms with E-state index in [1.807, 2.05) is 0 Å². The molecule has 1 aliphatic rings. The molecule has 2 heterocycles. The molecular weight excluding hydrogens is 244 g/mol. The van der Waals surface area contributed by atoms with E-state index in [1.54, 1.807) is 0 Å². The van der Waals surface area contributed by atoms with E-state index in [0.717, 1.165) is 6.54 Å². The van der Waals surface area contributed by atoms with Gasteiger partial charge in [0.25, 0.3) is 0 Å². The normalized spacial score (nSPS) is 15.9. The van der Waals surface area contributed by atoms with Crippen LogP contribution in [-0.4, -0.2) is 17.7 Å². The Kier molecular flexibility index (Phi) is 4.29. The number of anilines is 1. The molecule has 1 aromatic carbocycles. The Bertz CT molecular complexity index is 550. The molecule has 0 bridgehead atoms. The van der Waals surface area contributed by atoms with Gasteiger partial charge in [-0.15, -0.1) is 0 Å². The minimum atomic E-state index is 1.15. The number of hydrogen-bond acceptors (Lipinski definition) is 1. The maximum Gasteiger partial charge on any atom is 0.0626 e. The summed E-state index contributed by atoms with van der Waals surface area (Å²) in [4.78, 5) is 2.59. The summed E-state index contributed by atoms with van der Waals surface area (Å²) in [5.41, 5.74) is 2.86. The fraction of sp³-hybridized carbons (Fsp3) is 0.556. The van der Waals surface area contributed by atoms with Gasteiger partial charge in [-0.1, -0.05) is 38.0 Å². The second-order valence-corrected chi connectivity index (χ2v) is 5.98. The molecule has 0 radical (unpaired) electrons. The van der Waals surface area contributed by atoms with Crippen LogP contribution in [0.1, 0.15) is 45.4 Å². The number of benzene rings is 1. The molecule has 2 heteroatoms. The van der Waals surface area contributed by atoms with Crippen LogP contribution in [0, 0.1) is 0 Å². The third kappa shape index (κ3) is 2.70. The molecule has 2 nitrogen and oxygen atoms in total. The van der Waals surface area contributed by atoms with Gasteiger partial charge >= 0.3 is 0 Å². The van der Waals surface area contributed by atoms with Crippen molar-refractivity contribution in [3.05, 3.63) is 30.5 Å². The van der Waals surface area contributed by atoms with Crippen LogP contribution in [0.25, 0.3) is 10.9 Å². The molecule has 1 aliphatic heterocycles. The standard InChI is InChI=1S/C18H26N2/c1-2-3-7-14-20-15-18(19-12-8-4-9-13-19)16-10-5-6-11-17(16)20/h5-6,10-11,15H,2-4,7-9,12-14H2,1H3. The van der Waals surface area contributed by atoms with Crippen molar-refractivity contribution in [3.63, 3.8) is 0 Å². The zero-order chi connectivity index (χ0) is 13.8. The smallest absolute Gasteiger partial charge is 0.0626 e. The molecule has 108 valence electrons. The summed E-state index contributed by atoms with van der Waals surface area (Å²) < 4.78 is 2.47. The largest absolute Gasteiger partial charge is 0.370 e. The van der Waals surface area contributed by atoms with Crippen LogP contribution in [0.4, 0.5) is 5.69 Å². The van der Waals surface area contributed by atoms with Crippen LogP contribution in [0.5, 0.6) is 0 Å². The van der Waals surface area contributed by atoms with Crippen molar-refractivity contribution >= 4 is 16.6 Å². The maximum atomic E-state index is 2.59. The molecule has 3 rings (SSSR count). The van der Waals surface area contributed by atoms with E-state index in [4.69, 9.17) is 0 Å². The van der Waals surface area contributed by atoms with E-state index in [9.17, 15) is 0 Å². The van der Waals surface area contributed by atoms with E-state index in [-0.39, 0.29) is 0 Å². The van der Waals surface area contributed by atoms with Gasteiger partial charge in [0.15, 0.2) is 0 Å². The van der Waals surface area contributed by atoms with Gasteiger partial charge in [0.2, 0.25) is 0 Å². The van der Waals surface area contributed by atoms with Crippen LogP contribution in [0.15, 0.2) is 30.5 Å². The molecule has 0 spiro atoms. The molecule has 20 heavy (non-hydrogen) atoms. The van der Waals surface area contributed by atoms with Gasteiger partial charge in [0.1, 0.15) is 0 Å². The molecule has 0 saturated carbocycles. The van der Waals surface area contributed by atoms with Crippen molar-refractivity contribution < 1.29 is 0 Å². The zero-order valence-corrected chi connectivity index (χ0v) is 12.6. The predicted octanol–water partition coefficient (Wildman–Crippen LogP) is 4.82. The molecule has 1 aromatic heterocycles. The van der Waals surface area contributed by atoms with Gasteiger partial charge in [0.05, 0.1) is 11.2 Å². The minimum Gasteiger partial charge on any atom is -0.370 e. The summed E-state index contributed by atoms with van der Waals surface area (Å²) in [5, 5.41) is 1.44. The molecule has 2 aromatic rings. The predicted molar refractivity (Wildman–Crippen MR) is 87.5 cm³/mol. The number of unbranched alkanes of at least 4 members (excludes halogenated alkanes) is 2. The first-order valence-electron chi connectivity index (χ1n) is 8.23. The molecule has 1 saturated heterocycles. The Morgan fingerprint density at radius 3 is 2.60 bits per heavy atom. The average Bonchev–Trinajstić information content (AvgIpc) is 2.88. The highest BCUT2D eigenvalue weighted by molar-refractivity contribution is 5.93. The SMILES string of the molecule is CCCCCn1cc(N2CCCCC2)c2ccccc21. The topological polar surface area (TPSA) is 8.17 Å². The fourth-order valence-electron chi connectivity index (χ4n) is 3.33. The fourth-order valence-corrected chi connectivity index (χ4v) is 3.33. The molecule has 0 unspecified atom stereocenters. The summed E-state index contributed by atoms with van der Waals surface area (Å²) in [7, 11) is 0. The van der Waals surface area contributed by atoms with E-state index in [1.165, 1.54) is 68.2 Å². The van der Waals surface area contributed by atoms with Crippen LogP contribution in [0.3, 0.4) is 0 Å². The number of piperidine rings is 1. The number of para-hydroxylation sites is 1. The summed E-state index contributed by atoms with van der Waals surface area (Å²) in [6.07, 6.45) is 10.4. The van der Waals surface area contributed by atoms with Crippen LogP contribution in [-0.2, 0) is 6.54 Å². The lowest BCUT2D eigenvalue weighted by molar-refractivity contribution is 0.576. The van der Waals surface area contributed by atoms with Gasteiger partial charge in [0, 0.05) is 31.2 Å². The lowest BCUT2D eigenvalue weighted by atomic mass is 10.1. The van der Waals surface area contributed by atoms with Crippen molar-refractivity contribution in [2.45, 2.75) is 52.0 Å². The van der Waals surface area contributed by atoms with Crippen LogP contribution >= 0.6 is 0 Å². The number of nitrogens with zero attached hydrogens (tertiary/aromatic N) is 2. The third-order valence-corrected chi connectivity index (χ3v) is 4.47. The van der Waals surface area contributed by atoms with Crippen LogP contribution in [0.2, 0.25) is 0 Å². The Hall–Kier alpha value is -1.44. The van der Waals surface area contributed by atoms with E-state index in [2.05, 4.69) is 46.9 Å². The third-order valence-electron chi connectivity index (χ3n) is 4.47. The van der Waals surface area contributed by atoms with Gasteiger partial charge < -0.3 is 9.47 Å². The number of aryl methyl sites for hydroxylation is 1. The highest BCUT2D eigenvalue weighted by Gasteiger charge is 2.16. The average molecular weight is 270 g/mol. The second-order valence-electron chi connectivity index (χ2n) is 5.98. The first-order valence-corrected chi connectivity index (χ1v) is 8.23. The lowest BCUT2D eigenvalue weighted by Gasteiger charge is -2.28. The molecular formula is C18H26N2. The second kappa shape index (κ2) is 6.34. The van der Waals surface area contributed by atoms with Gasteiger partial charge in [-0.05, 0) is 31.7 Å². The number of hydrogen-bond donors (Lipinski definition) is 0. The Morgan fingerprint density at radius 1 is 1.00 bits per heavy atom. The number of rotatable bonds is 5. The number of fused-ring (bicyclic) bond motifs is 1. The maximum absolute atomic E-state index is 2.59. The molecule has 0 atom stereocenters. The van der Waals surface area contributed by atoms with E-state index in [0.29, 0.717) is 0 Å². The summed E-state index contributed by atoms with van der Waals surface area (Å²) in [5.74, 6) is 0. The molecule has 0 N–H and O–H groups in total.